The Morgan fingerprint density at radius 1 is 1.21 bits per heavy atom. The van der Waals surface area contributed by atoms with E-state index in [1.165, 1.54) is 10.5 Å². The van der Waals surface area contributed by atoms with Gasteiger partial charge in [0.2, 0.25) is 0 Å². The van der Waals surface area contributed by atoms with E-state index >= 15 is 0 Å². The Hall–Kier alpha value is -2.25. The van der Waals surface area contributed by atoms with Crippen LogP contribution in [-0.2, 0) is 11.2 Å². The number of benzene rings is 2. The fourth-order valence-corrected chi connectivity index (χ4v) is 4.20. The maximum Gasteiger partial charge on any atom is 0.293 e. The van der Waals surface area contributed by atoms with E-state index < -0.39 is 0 Å². The third-order valence-corrected chi connectivity index (χ3v) is 5.72. The summed E-state index contributed by atoms with van der Waals surface area (Å²) in [5.41, 5.74) is 1.85. The Morgan fingerprint density at radius 3 is 2.68 bits per heavy atom. The predicted molar refractivity (Wildman–Crippen MR) is 114 cm³/mol. The number of ether oxygens (including phenoxy) is 1. The second-order valence-electron chi connectivity index (χ2n) is 6.20. The number of hydrogen-bond donors (Lipinski definition) is 1. The van der Waals surface area contributed by atoms with Crippen LogP contribution in [0.25, 0.3) is 6.08 Å². The number of halogens is 1. The molecule has 3 rings (SSSR count). The average Bonchev–Trinajstić information content (AvgIpc) is 2.94. The number of nitrogens with zero attached hydrogens (tertiary/aromatic N) is 1. The number of amides is 2. The van der Waals surface area contributed by atoms with Crippen LogP contribution in [0, 0.1) is 0 Å². The van der Waals surface area contributed by atoms with Crippen molar-refractivity contribution in [3.8, 4) is 11.5 Å². The highest BCUT2D eigenvalue weighted by Crippen LogP contribution is 2.38. The third-order valence-electron chi connectivity index (χ3n) is 4.21. The lowest BCUT2D eigenvalue weighted by Gasteiger charge is -2.12. The molecule has 0 radical (unpaired) electrons. The summed E-state index contributed by atoms with van der Waals surface area (Å²) < 4.78 is 5.87. The van der Waals surface area contributed by atoms with Gasteiger partial charge in [0.15, 0.2) is 11.5 Å². The molecular weight excluding hydrogens is 442 g/mol. The van der Waals surface area contributed by atoms with Crippen LogP contribution in [0.4, 0.5) is 4.79 Å². The van der Waals surface area contributed by atoms with E-state index in [1.54, 1.807) is 18.2 Å². The van der Waals surface area contributed by atoms with Gasteiger partial charge in [0, 0.05) is 6.54 Å². The van der Waals surface area contributed by atoms with Gasteiger partial charge in [0.1, 0.15) is 0 Å². The molecule has 1 N–H and O–H groups in total. The minimum absolute atomic E-state index is 0.00742. The zero-order chi connectivity index (χ0) is 20.1. The summed E-state index contributed by atoms with van der Waals surface area (Å²) in [4.78, 5) is 26.6. The number of phenolic OH excluding ortho intramolecular Hbond substituents is 1. The van der Waals surface area contributed by atoms with E-state index in [1.807, 2.05) is 37.3 Å². The van der Waals surface area contributed by atoms with Crippen LogP contribution in [0.1, 0.15) is 24.5 Å². The molecule has 0 saturated carbocycles. The Bertz CT molecular complexity index is 914. The molecule has 1 saturated heterocycles. The van der Waals surface area contributed by atoms with Crippen molar-refractivity contribution in [1.29, 1.82) is 0 Å². The Labute approximate surface area is 176 Å². The van der Waals surface area contributed by atoms with Crippen LogP contribution >= 0.6 is 27.7 Å². The average molecular weight is 462 g/mol. The number of rotatable bonds is 7. The summed E-state index contributed by atoms with van der Waals surface area (Å²) in [6, 6.07) is 13.3. The monoisotopic (exact) mass is 461 g/mol. The SMILES string of the molecule is CCOc1cc(/C=C2/SC(=O)N(CCCc3ccccc3)C2=O)cc(Br)c1O. The minimum atomic E-state index is -0.287. The highest BCUT2D eigenvalue weighted by molar-refractivity contribution is 9.10. The van der Waals surface area contributed by atoms with Crippen LogP contribution < -0.4 is 4.74 Å². The number of aryl methyl sites for hydroxylation is 1. The maximum absolute atomic E-state index is 12.6. The molecule has 2 amide bonds. The van der Waals surface area contributed by atoms with Gasteiger partial charge in [-0.1, -0.05) is 30.3 Å². The lowest BCUT2D eigenvalue weighted by atomic mass is 10.1. The quantitative estimate of drug-likeness (QED) is 0.572. The van der Waals surface area contributed by atoms with Crippen LogP contribution in [0.15, 0.2) is 51.8 Å². The Balaban J connectivity index is 1.70. The number of thioether (sulfide) groups is 1. The van der Waals surface area contributed by atoms with E-state index in [0.29, 0.717) is 40.3 Å². The largest absolute Gasteiger partial charge is 0.503 e. The van der Waals surface area contributed by atoms with Crippen molar-refractivity contribution in [2.24, 2.45) is 0 Å². The smallest absolute Gasteiger partial charge is 0.293 e. The first-order chi connectivity index (χ1) is 13.5. The molecule has 28 heavy (non-hydrogen) atoms. The second-order valence-corrected chi connectivity index (χ2v) is 8.05. The van der Waals surface area contributed by atoms with Crippen molar-refractivity contribution < 1.29 is 19.4 Å². The van der Waals surface area contributed by atoms with Gasteiger partial charge >= 0.3 is 0 Å². The predicted octanol–water partition coefficient (Wildman–Crippen LogP) is 5.22. The molecule has 1 aliphatic rings. The van der Waals surface area contributed by atoms with Crippen molar-refractivity contribution in [2.45, 2.75) is 19.8 Å². The second kappa shape index (κ2) is 9.30. The maximum atomic E-state index is 12.6. The first-order valence-corrected chi connectivity index (χ1v) is 10.5. The van der Waals surface area contributed by atoms with Gasteiger partial charge in [0.25, 0.3) is 11.1 Å². The molecule has 0 aromatic heterocycles. The summed E-state index contributed by atoms with van der Waals surface area (Å²) in [5.74, 6) is 0.0449. The number of carbonyl (C=O) groups is 2. The molecule has 0 unspecified atom stereocenters. The lowest BCUT2D eigenvalue weighted by molar-refractivity contribution is -0.122. The molecule has 0 aliphatic carbocycles. The van der Waals surface area contributed by atoms with Crippen LogP contribution in [0.2, 0.25) is 0 Å². The van der Waals surface area contributed by atoms with E-state index in [0.717, 1.165) is 18.2 Å². The zero-order valence-electron chi connectivity index (χ0n) is 15.4. The van der Waals surface area contributed by atoms with Crippen molar-refractivity contribution >= 4 is 44.9 Å². The first kappa shape index (κ1) is 20.5. The lowest BCUT2D eigenvalue weighted by Crippen LogP contribution is -2.29. The van der Waals surface area contributed by atoms with E-state index in [-0.39, 0.29) is 16.9 Å². The van der Waals surface area contributed by atoms with Crippen molar-refractivity contribution in [1.82, 2.24) is 4.90 Å². The summed E-state index contributed by atoms with van der Waals surface area (Å²) >= 11 is 4.22. The number of imide groups is 1. The van der Waals surface area contributed by atoms with Gasteiger partial charge in [-0.15, -0.1) is 0 Å². The van der Waals surface area contributed by atoms with Gasteiger partial charge in [-0.3, -0.25) is 14.5 Å². The molecule has 2 aromatic carbocycles. The highest BCUT2D eigenvalue weighted by Gasteiger charge is 2.34. The van der Waals surface area contributed by atoms with Gasteiger partial charge < -0.3 is 9.84 Å². The standard InChI is InChI=1S/C21H20BrNO4S/c1-2-27-17-12-15(11-16(22)19(17)24)13-18-20(25)23(21(26)28-18)10-6-9-14-7-4-3-5-8-14/h3-5,7-8,11-13,24H,2,6,9-10H2,1H3/b18-13+. The van der Waals surface area contributed by atoms with Crippen molar-refractivity contribution in [2.75, 3.05) is 13.2 Å². The van der Waals surface area contributed by atoms with Crippen LogP contribution in [-0.4, -0.2) is 34.3 Å². The van der Waals surface area contributed by atoms with E-state index in [2.05, 4.69) is 15.9 Å². The Morgan fingerprint density at radius 2 is 1.96 bits per heavy atom. The molecule has 0 bridgehead atoms. The Kier molecular flexibility index (Phi) is 6.80. The molecule has 1 aliphatic heterocycles. The van der Waals surface area contributed by atoms with Gasteiger partial charge in [-0.2, -0.15) is 0 Å². The van der Waals surface area contributed by atoms with Crippen LogP contribution in [0.5, 0.6) is 11.5 Å². The molecule has 7 heteroatoms. The van der Waals surface area contributed by atoms with Crippen LogP contribution in [0.3, 0.4) is 0 Å². The van der Waals surface area contributed by atoms with E-state index in [4.69, 9.17) is 4.74 Å². The van der Waals surface area contributed by atoms with Crippen molar-refractivity contribution in [3.63, 3.8) is 0 Å². The minimum Gasteiger partial charge on any atom is -0.503 e. The van der Waals surface area contributed by atoms with Gasteiger partial charge in [-0.25, -0.2) is 0 Å². The summed E-state index contributed by atoms with van der Waals surface area (Å²) in [7, 11) is 0. The number of aromatic hydroxyl groups is 1. The highest BCUT2D eigenvalue weighted by atomic mass is 79.9. The fourth-order valence-electron chi connectivity index (χ4n) is 2.87. The summed E-state index contributed by atoms with van der Waals surface area (Å²) in [6.45, 7) is 2.61. The molecule has 1 heterocycles. The van der Waals surface area contributed by atoms with Gasteiger partial charge in [-0.05, 0) is 76.8 Å². The van der Waals surface area contributed by atoms with Gasteiger partial charge in [0.05, 0.1) is 16.0 Å². The molecule has 1 fully saturated rings. The van der Waals surface area contributed by atoms with Crippen molar-refractivity contribution in [3.05, 3.63) is 63.0 Å². The molecule has 0 spiro atoms. The topological polar surface area (TPSA) is 66.8 Å². The summed E-state index contributed by atoms with van der Waals surface area (Å²) in [5, 5.41) is 9.76. The number of hydrogen-bond acceptors (Lipinski definition) is 5. The van der Waals surface area contributed by atoms with E-state index in [9.17, 15) is 14.7 Å². The summed E-state index contributed by atoms with van der Waals surface area (Å²) in [6.07, 6.45) is 3.17. The normalized spacial score (nSPS) is 15.5. The molecule has 146 valence electrons. The molecular formula is C21H20BrNO4S. The molecule has 5 nitrogen and oxygen atoms in total. The number of carbonyl (C=O) groups excluding carboxylic acids is 2. The molecule has 0 atom stereocenters. The fraction of sp³-hybridized carbons (Fsp3) is 0.238. The number of phenols is 1. The zero-order valence-corrected chi connectivity index (χ0v) is 17.8. The first-order valence-electron chi connectivity index (χ1n) is 8.94. The third kappa shape index (κ3) is 4.77. The molecule has 2 aromatic rings.